The molecule has 0 radical (unpaired) electrons. The molecule has 1 aliphatic heterocycles. The lowest BCUT2D eigenvalue weighted by Gasteiger charge is -2.37. The van der Waals surface area contributed by atoms with Gasteiger partial charge in [-0.1, -0.05) is 103 Å². The number of nitrogens with one attached hydrogen (secondary N) is 3. The Morgan fingerprint density at radius 2 is 1.49 bits per heavy atom. The summed E-state index contributed by atoms with van der Waals surface area (Å²) in [7, 11) is -3.15. The summed E-state index contributed by atoms with van der Waals surface area (Å²) in [5.41, 5.74) is -0.941. The summed E-state index contributed by atoms with van der Waals surface area (Å²) >= 11 is -2.92. The highest BCUT2D eigenvalue weighted by atomic mass is 32.2. The molecule has 7 atom stereocenters. The quantitative estimate of drug-likeness (QED) is 0.0123. The Morgan fingerprint density at radius 1 is 0.867 bits per heavy atom. The monoisotopic (exact) mass is 1200 g/mol. The lowest BCUT2D eigenvalue weighted by molar-refractivity contribution is -0.0952. The molecule has 25 heteroatoms. The number of anilines is 1. The van der Waals surface area contributed by atoms with Crippen LogP contribution in [0.15, 0.2) is 142 Å². The maximum Gasteiger partial charge on any atom is 0.425 e. The SMILES string of the molecule is CCCCCC(NS(=O)O)N(C(=O)O[C@@H]1[C@H](OP(=O)(NC(C)C)OCCC#[N+]C(C)C)[C@@H](COC(c2ccccc2)(c2ccc(OC)cc2)c2ccc(OC)cc2)O[C@H]1n1ccc(=O)[nH]c1=O)S(=O)(=O)c1cccc2c(N(C)C)cccc12. The van der Waals surface area contributed by atoms with E-state index in [1.165, 1.54) is 26.4 Å². The van der Waals surface area contributed by atoms with Crippen molar-refractivity contribution in [2.24, 2.45) is 0 Å². The number of aromatic nitrogens is 2. The van der Waals surface area contributed by atoms with Gasteiger partial charge in [0.25, 0.3) is 27.7 Å². The van der Waals surface area contributed by atoms with E-state index in [2.05, 4.69) is 25.7 Å². The number of fused-ring (bicyclic) bond motifs is 1. The minimum atomic E-state index is -5.14. The second kappa shape index (κ2) is 28.7. The Bertz CT molecular complexity index is 3480. The third-order valence-corrected chi connectivity index (χ3v) is 17.6. The lowest BCUT2D eigenvalue weighted by Crippen LogP contribution is -2.54. The molecule has 1 saturated heterocycles. The fourth-order valence-corrected chi connectivity index (χ4v) is 13.6. The fraction of sp³-hybridized carbons (Fsp3) is 0.414. The number of H-pyrrole nitrogens is 1. The molecular formula is C58H73N7O15PS2+. The predicted molar refractivity (Wildman–Crippen MR) is 317 cm³/mol. The zero-order chi connectivity index (χ0) is 60.1. The molecule has 5 aromatic carbocycles. The molecule has 3 unspecified atom stereocenters. The number of unbranched alkanes of at least 4 members (excludes halogenated alkanes) is 2. The van der Waals surface area contributed by atoms with Gasteiger partial charge in [0.2, 0.25) is 11.3 Å². The van der Waals surface area contributed by atoms with E-state index in [4.69, 9.17) is 32.7 Å². The number of rotatable bonds is 27. The summed E-state index contributed by atoms with van der Waals surface area (Å²) in [5.74, 6) is 1.09. The number of carbonyl (C=O) groups excluding carboxylic acids is 1. The van der Waals surface area contributed by atoms with Crippen molar-refractivity contribution in [3.05, 3.63) is 170 Å². The first-order chi connectivity index (χ1) is 39.7. The maximum atomic E-state index is 15.7. The average Bonchev–Trinajstić information content (AvgIpc) is 2.48. The molecule has 2 heterocycles. The minimum absolute atomic E-state index is 0.0613. The molecule has 0 spiro atoms. The van der Waals surface area contributed by atoms with Crippen LogP contribution in [0.1, 0.15) is 89.6 Å². The minimum Gasteiger partial charge on any atom is -0.497 e. The van der Waals surface area contributed by atoms with Crippen LogP contribution in [0.5, 0.6) is 11.5 Å². The number of hydrogen-bond donors (Lipinski definition) is 4. The maximum absolute atomic E-state index is 15.7. The molecule has 4 N–H and O–H groups in total. The van der Waals surface area contributed by atoms with Crippen molar-refractivity contribution < 1.29 is 59.3 Å². The second-order valence-corrected chi connectivity index (χ2v) is 24.5. The zero-order valence-corrected chi connectivity index (χ0v) is 50.4. The van der Waals surface area contributed by atoms with Crippen LogP contribution >= 0.6 is 7.75 Å². The Hall–Kier alpha value is -6.75. The van der Waals surface area contributed by atoms with Gasteiger partial charge in [-0.3, -0.25) is 27.9 Å². The van der Waals surface area contributed by atoms with Crippen LogP contribution in [0.25, 0.3) is 15.6 Å². The van der Waals surface area contributed by atoms with Gasteiger partial charge in [0.1, 0.15) is 41.9 Å². The van der Waals surface area contributed by atoms with Crippen LogP contribution in [0.2, 0.25) is 0 Å². The molecule has 446 valence electrons. The molecule has 0 bridgehead atoms. The summed E-state index contributed by atoms with van der Waals surface area (Å²) in [6.45, 7) is 8.19. The zero-order valence-electron chi connectivity index (χ0n) is 47.8. The summed E-state index contributed by atoms with van der Waals surface area (Å²) < 4.78 is 118. The van der Waals surface area contributed by atoms with Crippen molar-refractivity contribution >= 4 is 51.6 Å². The normalized spacial score (nSPS) is 17.8. The van der Waals surface area contributed by atoms with E-state index in [-0.39, 0.29) is 42.2 Å². The van der Waals surface area contributed by atoms with E-state index in [0.717, 1.165) is 16.8 Å². The molecule has 1 amide bonds. The van der Waals surface area contributed by atoms with Crippen molar-refractivity contribution in [2.45, 2.75) is 120 Å². The predicted octanol–water partition coefficient (Wildman–Crippen LogP) is 9.15. The third kappa shape index (κ3) is 15.3. The van der Waals surface area contributed by atoms with Crippen LogP contribution in [0.4, 0.5) is 10.5 Å². The highest BCUT2D eigenvalue weighted by molar-refractivity contribution is 7.90. The van der Waals surface area contributed by atoms with Gasteiger partial charge in [-0.2, -0.15) is 9.03 Å². The van der Waals surface area contributed by atoms with E-state index in [9.17, 15) is 18.4 Å². The number of aromatic amines is 1. The molecule has 22 nitrogen and oxygen atoms in total. The van der Waals surface area contributed by atoms with Crippen LogP contribution in [0, 0.1) is 6.07 Å². The van der Waals surface area contributed by atoms with Crippen molar-refractivity contribution in [1.29, 1.82) is 0 Å². The molecule has 1 aliphatic rings. The lowest BCUT2D eigenvalue weighted by atomic mass is 9.80. The molecule has 7 rings (SSSR count). The van der Waals surface area contributed by atoms with Gasteiger partial charge in [-0.15, -0.1) is 0 Å². The van der Waals surface area contributed by atoms with Crippen LogP contribution in [0.3, 0.4) is 0 Å². The Morgan fingerprint density at radius 3 is 2.07 bits per heavy atom. The van der Waals surface area contributed by atoms with Crippen molar-refractivity contribution in [1.82, 2.24) is 23.7 Å². The van der Waals surface area contributed by atoms with E-state index in [0.29, 0.717) is 56.4 Å². The number of amides is 1. The number of nitrogens with zero attached hydrogens (tertiary/aromatic N) is 4. The summed E-state index contributed by atoms with van der Waals surface area (Å²) in [6, 6.07) is 36.3. The number of hydrogen-bond acceptors (Lipinski definition) is 15. The first-order valence-corrected chi connectivity index (χ1v) is 31.1. The largest absolute Gasteiger partial charge is 0.497 e. The number of methoxy groups -OCH3 is 2. The van der Waals surface area contributed by atoms with Crippen LogP contribution in [-0.2, 0) is 54.7 Å². The number of sulfonamides is 1. The highest BCUT2D eigenvalue weighted by Crippen LogP contribution is 2.51. The third-order valence-electron chi connectivity index (χ3n) is 13.4. The molecule has 1 fully saturated rings. The average molecular weight is 1200 g/mol. The topological polar surface area (TPSA) is 260 Å². The highest BCUT2D eigenvalue weighted by Gasteiger charge is 2.55. The van der Waals surface area contributed by atoms with Gasteiger partial charge in [0.15, 0.2) is 12.3 Å². The van der Waals surface area contributed by atoms with E-state index in [1.54, 1.807) is 81.4 Å². The van der Waals surface area contributed by atoms with E-state index in [1.807, 2.05) is 75.4 Å². The summed E-state index contributed by atoms with van der Waals surface area (Å²) in [4.78, 5) is 50.4. The molecule has 83 heavy (non-hydrogen) atoms. The van der Waals surface area contributed by atoms with Gasteiger partial charge in [-0.25, -0.2) is 31.9 Å². The van der Waals surface area contributed by atoms with Crippen molar-refractivity contribution in [2.75, 3.05) is 46.4 Å². The molecule has 6 aromatic rings. The van der Waals surface area contributed by atoms with Crippen LogP contribution in [-0.4, -0.2) is 115 Å². The van der Waals surface area contributed by atoms with Gasteiger partial charge < -0.3 is 28.6 Å². The number of ether oxygens (including phenoxy) is 5. The van der Waals surface area contributed by atoms with E-state index < -0.39 is 95.3 Å². The molecule has 0 aliphatic carbocycles. The van der Waals surface area contributed by atoms with Crippen molar-refractivity contribution in [3.63, 3.8) is 0 Å². The first kappa shape index (κ1) is 63.8. The number of carbonyl (C=O) groups is 1. The first-order valence-electron chi connectivity index (χ1n) is 27.1. The molecule has 1 aromatic heterocycles. The van der Waals surface area contributed by atoms with E-state index >= 15 is 17.8 Å². The van der Waals surface area contributed by atoms with Gasteiger partial charge in [-0.05, 0) is 79.8 Å². The summed E-state index contributed by atoms with van der Waals surface area (Å²) in [6.07, 6.45) is -8.13. The number of benzene rings is 5. The standard InChI is InChI=1S/C58H72N7O15PS2/c1-10-11-13-25-51(62-82(70)71)65(83(72,73)50-24-17-21-46-47(50)22-16-23-48(46)63(6)7)57(68)79-54-53(80-81(69,61-40(4)5)77-37-18-35-59-39(2)3)49(78-55(54)64-36-34-52(66)60-56(64)67)38-76-58(41-19-14-12-15-20-41,42-26-30-44(74-8)31-27-42)43-28-32-45(75-9)33-29-43/h12,14-17,19-24,26-34,36,39-40,49,51,53-55,62H,10-11,13,18,25,37-38H2,1-9H3,(H2-,60,61,66,67,69,70,71)/p+1/t49-,51?,53-,54-,55-,81?/m1/s1. The summed E-state index contributed by atoms with van der Waals surface area (Å²) in [5, 5.41) is 3.59. The Kier molecular flexibility index (Phi) is 22.1. The smallest absolute Gasteiger partial charge is 0.425 e. The Labute approximate surface area is 486 Å². The van der Waals surface area contributed by atoms with Gasteiger partial charge in [0.05, 0.1) is 32.3 Å². The fourth-order valence-electron chi connectivity index (χ4n) is 9.74. The molecular weight excluding hydrogens is 1130 g/mol. The second-order valence-electron chi connectivity index (χ2n) is 20.3. The van der Waals surface area contributed by atoms with Crippen LogP contribution < -0.4 is 35.4 Å². The molecule has 0 saturated carbocycles. The van der Waals surface area contributed by atoms with Gasteiger partial charge in [0, 0.05) is 62.7 Å². The van der Waals surface area contributed by atoms with Crippen molar-refractivity contribution in [3.8, 4) is 17.6 Å². The Balaban J connectivity index is 1.46. The van der Waals surface area contributed by atoms with Gasteiger partial charge >= 0.3 is 19.5 Å².